The first kappa shape index (κ1) is 32.5. The van der Waals surface area contributed by atoms with Crippen LogP contribution < -0.4 is 9.62 Å². The average Bonchev–Trinajstić information content (AvgIpc) is 3.48. The van der Waals surface area contributed by atoms with Gasteiger partial charge < -0.3 is 18.8 Å². The Kier molecular flexibility index (Phi) is 8.23. The van der Waals surface area contributed by atoms with Crippen LogP contribution in [0.1, 0.15) is 98.9 Å². The second kappa shape index (κ2) is 11.1. The fourth-order valence-electron chi connectivity index (χ4n) is 6.21. The number of nitrogens with one attached hydrogen (secondary N) is 1. The summed E-state index contributed by atoms with van der Waals surface area (Å²) in [4.78, 5) is 15.3. The fraction of sp³-hybridized carbons (Fsp3) is 0.531. The third kappa shape index (κ3) is 5.77. The Morgan fingerprint density at radius 2 is 1.80 bits per heavy atom. The van der Waals surface area contributed by atoms with E-state index in [1.54, 1.807) is 40.3 Å². The van der Waals surface area contributed by atoms with Crippen LogP contribution in [0.3, 0.4) is 0 Å². The van der Waals surface area contributed by atoms with Gasteiger partial charge in [0, 0.05) is 36.8 Å². The van der Waals surface area contributed by atoms with E-state index in [9.17, 15) is 22.5 Å². The highest BCUT2D eigenvalue weighted by Crippen LogP contribution is 2.50. The Labute approximate surface area is 259 Å². The van der Waals surface area contributed by atoms with Crippen molar-refractivity contribution in [2.24, 2.45) is 12.5 Å². The van der Waals surface area contributed by atoms with Gasteiger partial charge in [-0.2, -0.15) is 13.2 Å². The van der Waals surface area contributed by atoms with E-state index >= 15 is 0 Å². The van der Waals surface area contributed by atoms with Crippen molar-refractivity contribution in [3.63, 3.8) is 0 Å². The minimum Gasteiger partial charge on any atom is -0.598 e. The SMILES string of the molecule is CO[C@H]1C[C@](c2cccc(N3Cc4c(cc(C(N[S+]([O-])C(C)(C)C)C(C)(C)C)cc4C(F)(F)F)C3=O)c2)(c2nncn2C)C1. The van der Waals surface area contributed by atoms with E-state index in [4.69, 9.17) is 4.74 Å². The van der Waals surface area contributed by atoms with E-state index < -0.39 is 50.6 Å². The third-order valence-electron chi connectivity index (χ3n) is 8.69. The van der Waals surface area contributed by atoms with Crippen molar-refractivity contribution in [2.45, 2.75) is 89.4 Å². The van der Waals surface area contributed by atoms with E-state index in [2.05, 4.69) is 14.9 Å². The van der Waals surface area contributed by atoms with E-state index in [-0.39, 0.29) is 29.3 Å². The zero-order valence-electron chi connectivity index (χ0n) is 26.4. The van der Waals surface area contributed by atoms with E-state index in [1.165, 1.54) is 11.0 Å². The normalized spacial score (nSPS) is 22.1. The molecule has 1 fully saturated rings. The number of benzene rings is 2. The molecule has 1 aliphatic heterocycles. The lowest BCUT2D eigenvalue weighted by Gasteiger charge is -2.46. The number of ether oxygens (including phenoxy) is 1. The number of halogens is 3. The number of aryl methyl sites for hydroxylation is 1. The Morgan fingerprint density at radius 3 is 2.34 bits per heavy atom. The molecular formula is C32H40F3N5O3S. The van der Waals surface area contributed by atoms with Gasteiger partial charge in [0.15, 0.2) is 0 Å². The summed E-state index contributed by atoms with van der Waals surface area (Å²) in [7, 11) is 3.53. The molecule has 0 saturated heterocycles. The molecule has 3 aromatic rings. The molecule has 44 heavy (non-hydrogen) atoms. The average molecular weight is 632 g/mol. The number of nitrogens with zero attached hydrogens (tertiary/aromatic N) is 4. The minimum atomic E-state index is -4.69. The zero-order valence-corrected chi connectivity index (χ0v) is 27.2. The van der Waals surface area contributed by atoms with Crippen molar-refractivity contribution >= 4 is 23.0 Å². The Balaban J connectivity index is 1.56. The number of alkyl halides is 3. The van der Waals surface area contributed by atoms with Gasteiger partial charge in [0.05, 0.1) is 29.7 Å². The molecule has 2 aromatic carbocycles. The Morgan fingerprint density at radius 1 is 1.11 bits per heavy atom. The number of methoxy groups -OCH3 is 1. The van der Waals surface area contributed by atoms with Gasteiger partial charge >= 0.3 is 6.18 Å². The maximum atomic E-state index is 14.6. The number of rotatable bonds is 7. The molecule has 8 nitrogen and oxygen atoms in total. The van der Waals surface area contributed by atoms with Crippen LogP contribution in [-0.4, -0.2) is 43.2 Å². The van der Waals surface area contributed by atoms with Crippen molar-refractivity contribution in [3.05, 3.63) is 76.4 Å². The van der Waals surface area contributed by atoms with Crippen molar-refractivity contribution in [1.29, 1.82) is 0 Å². The standard InChI is InChI=1S/C32H40F3N5O3S/c1-29(2,3)26(38-44(42)30(4,5)6)19-12-23-24(25(13-19)32(33,34)35)17-40(27(23)41)21-11-9-10-20(14-21)31(15-22(16-31)43-8)28-37-36-18-39(28)7/h9-14,18,22,26,38H,15-17H2,1-8H3/t22-,26?,31-,44?. The molecule has 5 rings (SSSR count). The second-order valence-electron chi connectivity index (χ2n) is 13.9. The second-order valence-corrected chi connectivity index (χ2v) is 15.9. The molecule has 2 aliphatic rings. The molecule has 2 unspecified atom stereocenters. The first-order valence-corrected chi connectivity index (χ1v) is 15.7. The summed E-state index contributed by atoms with van der Waals surface area (Å²) in [5.41, 5.74) is -0.364. The van der Waals surface area contributed by atoms with Gasteiger partial charge in [-0.15, -0.1) is 14.9 Å². The maximum Gasteiger partial charge on any atom is 0.416 e. The third-order valence-corrected chi connectivity index (χ3v) is 10.2. The van der Waals surface area contributed by atoms with Gasteiger partial charge in [-0.25, -0.2) is 0 Å². The molecule has 0 bridgehead atoms. The van der Waals surface area contributed by atoms with Gasteiger partial charge in [0.1, 0.15) is 16.9 Å². The molecular weight excluding hydrogens is 591 g/mol. The van der Waals surface area contributed by atoms with Gasteiger partial charge in [-0.3, -0.25) is 4.79 Å². The summed E-state index contributed by atoms with van der Waals surface area (Å²) in [6, 6.07) is 9.31. The van der Waals surface area contributed by atoms with Gasteiger partial charge in [-0.1, -0.05) is 32.9 Å². The van der Waals surface area contributed by atoms with Crippen molar-refractivity contribution in [1.82, 2.24) is 19.5 Å². The zero-order chi connectivity index (χ0) is 32.4. The number of anilines is 1. The van der Waals surface area contributed by atoms with Gasteiger partial charge in [0.2, 0.25) is 0 Å². The number of fused-ring (bicyclic) bond motifs is 1. The van der Waals surface area contributed by atoms with Crippen molar-refractivity contribution in [3.8, 4) is 0 Å². The summed E-state index contributed by atoms with van der Waals surface area (Å²) in [5.74, 6) is 0.251. The molecule has 1 aromatic heterocycles. The minimum absolute atomic E-state index is 0.00363. The first-order chi connectivity index (χ1) is 20.4. The molecule has 2 heterocycles. The number of carbonyl (C=O) groups excluding carboxylic acids is 1. The smallest absolute Gasteiger partial charge is 0.416 e. The van der Waals surface area contributed by atoms with Crippen molar-refractivity contribution < 1.29 is 27.3 Å². The lowest BCUT2D eigenvalue weighted by atomic mass is 9.62. The van der Waals surface area contributed by atoms with Crippen LogP contribution in [0.5, 0.6) is 0 Å². The van der Waals surface area contributed by atoms with Crippen molar-refractivity contribution in [2.75, 3.05) is 12.0 Å². The molecule has 1 saturated carbocycles. The molecule has 12 heteroatoms. The van der Waals surface area contributed by atoms with E-state index in [0.29, 0.717) is 18.5 Å². The molecule has 0 radical (unpaired) electrons. The fourth-order valence-corrected chi connectivity index (χ4v) is 7.26. The highest BCUT2D eigenvalue weighted by atomic mass is 32.2. The predicted octanol–water partition coefficient (Wildman–Crippen LogP) is 6.23. The maximum absolute atomic E-state index is 14.6. The number of aromatic nitrogens is 3. The highest BCUT2D eigenvalue weighted by molar-refractivity contribution is 7.90. The molecule has 0 spiro atoms. The lowest BCUT2D eigenvalue weighted by molar-refractivity contribution is -0.138. The molecule has 1 N–H and O–H groups in total. The first-order valence-electron chi connectivity index (χ1n) is 14.6. The van der Waals surface area contributed by atoms with Crippen LogP contribution in [0.2, 0.25) is 0 Å². The molecule has 1 amide bonds. The summed E-state index contributed by atoms with van der Waals surface area (Å²) >= 11 is -1.56. The van der Waals surface area contributed by atoms with Crippen LogP contribution in [-0.2, 0) is 41.3 Å². The Bertz CT molecular complexity index is 1550. The Hall–Kier alpha value is -2.93. The van der Waals surface area contributed by atoms with Gasteiger partial charge in [-0.05, 0) is 80.0 Å². The number of hydrogen-bond acceptors (Lipinski definition) is 6. The number of amides is 1. The monoisotopic (exact) mass is 631 g/mol. The van der Waals surface area contributed by atoms with E-state index in [1.807, 2.05) is 50.6 Å². The van der Waals surface area contributed by atoms with Crippen LogP contribution in [0.4, 0.5) is 18.9 Å². The highest BCUT2D eigenvalue weighted by Gasteiger charge is 2.51. The molecule has 2 atom stereocenters. The van der Waals surface area contributed by atoms with E-state index in [0.717, 1.165) is 17.5 Å². The summed E-state index contributed by atoms with van der Waals surface area (Å²) in [6.45, 7) is 10.8. The van der Waals surface area contributed by atoms with Crippen LogP contribution in [0, 0.1) is 5.41 Å². The predicted molar refractivity (Wildman–Crippen MR) is 163 cm³/mol. The summed E-state index contributed by atoms with van der Waals surface area (Å²) in [5, 5.41) is 8.44. The topological polar surface area (TPSA) is 95.3 Å². The van der Waals surface area contributed by atoms with Crippen LogP contribution in [0.25, 0.3) is 0 Å². The largest absolute Gasteiger partial charge is 0.598 e. The summed E-state index contributed by atoms with van der Waals surface area (Å²) < 4.78 is 66.7. The number of carbonyl (C=O) groups is 1. The van der Waals surface area contributed by atoms with Crippen LogP contribution in [0.15, 0.2) is 42.7 Å². The number of hydrogen-bond donors (Lipinski definition) is 1. The van der Waals surface area contributed by atoms with Crippen LogP contribution >= 0.6 is 0 Å². The molecule has 1 aliphatic carbocycles. The molecule has 238 valence electrons. The quantitative estimate of drug-likeness (QED) is 0.311. The van der Waals surface area contributed by atoms with Gasteiger partial charge in [0.25, 0.3) is 5.91 Å². The summed E-state index contributed by atoms with van der Waals surface area (Å²) in [6.07, 6.45) is -1.72. The lowest BCUT2D eigenvalue weighted by Crippen LogP contribution is -2.48.